The van der Waals surface area contributed by atoms with E-state index in [1.165, 1.54) is 5.56 Å². The number of H-pyrrole nitrogens is 1. The standard InChI is InChI=1S/C21H25N5O/c1-2-16-4-3-5-17-18(14-24-20(16)17)21(27)25-13-15-6-7-23-19(12-15)26-10-8-22-9-11-26/h3-7,12,14,22,24H,2,8-11,13H2,1H3,(H,25,27). The van der Waals surface area contributed by atoms with Crippen molar-refractivity contribution in [1.29, 1.82) is 0 Å². The maximum Gasteiger partial charge on any atom is 0.253 e. The molecule has 6 heteroatoms. The number of aromatic nitrogens is 2. The number of anilines is 1. The third kappa shape index (κ3) is 3.66. The van der Waals surface area contributed by atoms with Gasteiger partial charge in [0.1, 0.15) is 5.82 Å². The van der Waals surface area contributed by atoms with Crippen LogP contribution in [-0.2, 0) is 13.0 Å². The highest BCUT2D eigenvalue weighted by molar-refractivity contribution is 6.07. The second-order valence-electron chi connectivity index (χ2n) is 6.84. The van der Waals surface area contributed by atoms with E-state index in [0.717, 1.165) is 54.9 Å². The van der Waals surface area contributed by atoms with Gasteiger partial charge in [-0.05, 0) is 29.7 Å². The Balaban J connectivity index is 1.47. The molecule has 0 atom stereocenters. The summed E-state index contributed by atoms with van der Waals surface area (Å²) in [5, 5.41) is 7.37. The molecule has 0 spiro atoms. The second-order valence-corrected chi connectivity index (χ2v) is 6.84. The summed E-state index contributed by atoms with van der Waals surface area (Å²) < 4.78 is 0. The van der Waals surface area contributed by atoms with E-state index in [2.05, 4.69) is 44.6 Å². The number of carbonyl (C=O) groups is 1. The average Bonchev–Trinajstić information content (AvgIpc) is 3.17. The Bertz CT molecular complexity index is 943. The molecule has 27 heavy (non-hydrogen) atoms. The van der Waals surface area contributed by atoms with Gasteiger partial charge in [-0.1, -0.05) is 25.1 Å². The largest absolute Gasteiger partial charge is 0.360 e. The number of rotatable bonds is 5. The molecule has 1 aliphatic heterocycles. The number of carbonyl (C=O) groups excluding carboxylic acids is 1. The van der Waals surface area contributed by atoms with E-state index in [4.69, 9.17) is 0 Å². The maximum atomic E-state index is 12.7. The first-order valence-corrected chi connectivity index (χ1v) is 9.54. The van der Waals surface area contributed by atoms with E-state index in [9.17, 15) is 4.79 Å². The summed E-state index contributed by atoms with van der Waals surface area (Å²) in [5.74, 6) is 0.915. The van der Waals surface area contributed by atoms with E-state index >= 15 is 0 Å². The highest BCUT2D eigenvalue weighted by Crippen LogP contribution is 2.22. The molecule has 1 saturated heterocycles. The molecule has 1 fully saturated rings. The van der Waals surface area contributed by atoms with Gasteiger partial charge in [-0.25, -0.2) is 4.98 Å². The van der Waals surface area contributed by atoms with Crippen molar-refractivity contribution in [2.24, 2.45) is 0 Å². The lowest BCUT2D eigenvalue weighted by Crippen LogP contribution is -2.43. The molecule has 3 N–H and O–H groups in total. The fourth-order valence-electron chi connectivity index (χ4n) is 3.61. The Morgan fingerprint density at radius 1 is 1.26 bits per heavy atom. The zero-order chi connectivity index (χ0) is 18.6. The van der Waals surface area contributed by atoms with Crippen molar-refractivity contribution >= 4 is 22.6 Å². The first-order chi connectivity index (χ1) is 13.3. The van der Waals surface area contributed by atoms with Crippen molar-refractivity contribution in [3.63, 3.8) is 0 Å². The fraction of sp³-hybridized carbons (Fsp3) is 0.333. The van der Waals surface area contributed by atoms with Crippen LogP contribution in [0, 0.1) is 0 Å². The topological polar surface area (TPSA) is 73.1 Å². The van der Waals surface area contributed by atoms with Crippen LogP contribution in [0.5, 0.6) is 0 Å². The Hall–Kier alpha value is -2.86. The molecule has 0 bridgehead atoms. The van der Waals surface area contributed by atoms with Gasteiger partial charge in [0.2, 0.25) is 0 Å². The van der Waals surface area contributed by atoms with Crippen LogP contribution < -0.4 is 15.5 Å². The summed E-state index contributed by atoms with van der Waals surface area (Å²) in [6.45, 7) is 6.47. The molecule has 0 unspecified atom stereocenters. The Morgan fingerprint density at radius 2 is 2.11 bits per heavy atom. The van der Waals surface area contributed by atoms with E-state index in [1.807, 2.05) is 24.4 Å². The molecular formula is C21H25N5O. The van der Waals surface area contributed by atoms with E-state index < -0.39 is 0 Å². The van der Waals surface area contributed by atoms with Crippen LogP contribution in [0.2, 0.25) is 0 Å². The van der Waals surface area contributed by atoms with Gasteiger partial charge in [-0.2, -0.15) is 0 Å². The molecule has 0 saturated carbocycles. The van der Waals surface area contributed by atoms with E-state index in [1.54, 1.807) is 6.20 Å². The number of pyridine rings is 1. The van der Waals surface area contributed by atoms with Gasteiger partial charge < -0.3 is 20.5 Å². The molecule has 3 aromatic rings. The number of piperazine rings is 1. The molecule has 0 radical (unpaired) electrons. The summed E-state index contributed by atoms with van der Waals surface area (Å²) in [7, 11) is 0. The highest BCUT2D eigenvalue weighted by atomic mass is 16.1. The zero-order valence-corrected chi connectivity index (χ0v) is 15.6. The van der Waals surface area contributed by atoms with Gasteiger partial charge in [0, 0.05) is 56.0 Å². The summed E-state index contributed by atoms with van der Waals surface area (Å²) in [4.78, 5) is 22.7. The number of nitrogens with zero attached hydrogens (tertiary/aromatic N) is 2. The summed E-state index contributed by atoms with van der Waals surface area (Å²) >= 11 is 0. The quantitative estimate of drug-likeness (QED) is 0.651. The molecule has 140 valence electrons. The van der Waals surface area contributed by atoms with Crippen LogP contribution >= 0.6 is 0 Å². The number of para-hydroxylation sites is 1. The lowest BCUT2D eigenvalue weighted by molar-refractivity contribution is 0.0952. The normalized spacial score (nSPS) is 14.5. The number of amides is 1. The Labute approximate surface area is 159 Å². The van der Waals surface area contributed by atoms with Gasteiger partial charge in [-0.3, -0.25) is 4.79 Å². The monoisotopic (exact) mass is 363 g/mol. The average molecular weight is 363 g/mol. The first kappa shape index (κ1) is 17.5. The Kier molecular flexibility index (Phi) is 5.07. The predicted octanol–water partition coefficient (Wildman–Crippen LogP) is 2.46. The third-order valence-electron chi connectivity index (χ3n) is 5.13. The number of benzene rings is 1. The summed E-state index contributed by atoms with van der Waals surface area (Å²) in [6, 6.07) is 10.1. The van der Waals surface area contributed by atoms with Crippen LogP contribution in [0.25, 0.3) is 10.9 Å². The molecule has 1 amide bonds. The van der Waals surface area contributed by atoms with Crippen molar-refractivity contribution in [2.75, 3.05) is 31.1 Å². The van der Waals surface area contributed by atoms with Crippen molar-refractivity contribution in [3.05, 3.63) is 59.4 Å². The summed E-state index contributed by atoms with van der Waals surface area (Å²) in [6.07, 6.45) is 4.56. The predicted molar refractivity (Wildman–Crippen MR) is 108 cm³/mol. The van der Waals surface area contributed by atoms with Gasteiger partial charge in [0.05, 0.1) is 5.56 Å². The maximum absolute atomic E-state index is 12.7. The molecule has 3 heterocycles. The number of fused-ring (bicyclic) bond motifs is 1. The number of aryl methyl sites for hydroxylation is 1. The number of aromatic amines is 1. The van der Waals surface area contributed by atoms with Gasteiger partial charge in [-0.15, -0.1) is 0 Å². The smallest absolute Gasteiger partial charge is 0.253 e. The lowest BCUT2D eigenvalue weighted by Gasteiger charge is -2.28. The van der Waals surface area contributed by atoms with E-state index in [-0.39, 0.29) is 5.91 Å². The molecule has 6 nitrogen and oxygen atoms in total. The first-order valence-electron chi connectivity index (χ1n) is 9.54. The van der Waals surface area contributed by atoms with Gasteiger partial charge >= 0.3 is 0 Å². The minimum absolute atomic E-state index is 0.0602. The number of hydrogen-bond donors (Lipinski definition) is 3. The van der Waals surface area contributed by atoms with Crippen molar-refractivity contribution in [2.45, 2.75) is 19.9 Å². The molecule has 0 aliphatic carbocycles. The number of hydrogen-bond acceptors (Lipinski definition) is 4. The SMILES string of the molecule is CCc1cccc2c(C(=O)NCc3ccnc(N4CCNCC4)c3)c[nH]c12. The molecular weight excluding hydrogens is 338 g/mol. The molecule has 4 rings (SSSR count). The van der Waals surface area contributed by atoms with Crippen LogP contribution in [-0.4, -0.2) is 42.1 Å². The lowest BCUT2D eigenvalue weighted by atomic mass is 10.1. The molecule has 1 aliphatic rings. The fourth-order valence-corrected chi connectivity index (χ4v) is 3.61. The second kappa shape index (κ2) is 7.80. The Morgan fingerprint density at radius 3 is 2.93 bits per heavy atom. The molecule has 2 aromatic heterocycles. The van der Waals surface area contributed by atoms with Gasteiger partial charge in [0.25, 0.3) is 5.91 Å². The van der Waals surface area contributed by atoms with Crippen molar-refractivity contribution < 1.29 is 4.79 Å². The minimum atomic E-state index is -0.0602. The molecule has 1 aromatic carbocycles. The van der Waals surface area contributed by atoms with Crippen LogP contribution in [0.4, 0.5) is 5.82 Å². The van der Waals surface area contributed by atoms with Gasteiger partial charge in [0.15, 0.2) is 0 Å². The summed E-state index contributed by atoms with van der Waals surface area (Å²) in [5.41, 5.74) is 4.02. The zero-order valence-electron chi connectivity index (χ0n) is 15.6. The number of nitrogens with one attached hydrogen (secondary N) is 3. The van der Waals surface area contributed by atoms with Crippen LogP contribution in [0.3, 0.4) is 0 Å². The van der Waals surface area contributed by atoms with E-state index in [0.29, 0.717) is 12.1 Å². The highest BCUT2D eigenvalue weighted by Gasteiger charge is 2.14. The van der Waals surface area contributed by atoms with Crippen molar-refractivity contribution in [1.82, 2.24) is 20.6 Å². The minimum Gasteiger partial charge on any atom is -0.360 e. The third-order valence-corrected chi connectivity index (χ3v) is 5.13. The van der Waals surface area contributed by atoms with Crippen molar-refractivity contribution in [3.8, 4) is 0 Å². The van der Waals surface area contributed by atoms with Crippen LogP contribution in [0.1, 0.15) is 28.4 Å². The van der Waals surface area contributed by atoms with Crippen LogP contribution in [0.15, 0.2) is 42.7 Å².